The van der Waals surface area contributed by atoms with Gasteiger partial charge in [-0.25, -0.2) is 0 Å². The summed E-state index contributed by atoms with van der Waals surface area (Å²) in [5.41, 5.74) is 1.35. The maximum Gasteiger partial charge on any atom is 0.453 e. The number of unbranched alkanes of at least 4 members (excludes halogenated alkanes) is 1. The highest BCUT2D eigenvalue weighted by atomic mass is 19.4. The van der Waals surface area contributed by atoms with Gasteiger partial charge in [-0.3, -0.25) is 0 Å². The van der Waals surface area contributed by atoms with Crippen molar-refractivity contribution in [3.8, 4) is 5.75 Å². The third kappa shape index (κ3) is 4.34. The highest BCUT2D eigenvalue weighted by molar-refractivity contribution is 5.46. The minimum Gasteiger partial charge on any atom is -0.494 e. The second kappa shape index (κ2) is 8.49. The summed E-state index contributed by atoms with van der Waals surface area (Å²) in [5.74, 6) is 0.702. The molecule has 0 spiro atoms. The van der Waals surface area contributed by atoms with Crippen LogP contribution in [0.4, 0.5) is 19.0 Å². The van der Waals surface area contributed by atoms with Gasteiger partial charge >= 0.3 is 6.18 Å². The number of anilines is 1. The lowest BCUT2D eigenvalue weighted by molar-refractivity contribution is -0.146. The van der Waals surface area contributed by atoms with E-state index in [1.807, 2.05) is 17.0 Å². The Balaban J connectivity index is 1.41. The topological polar surface area (TPSA) is 55.5 Å². The van der Waals surface area contributed by atoms with Gasteiger partial charge in [-0.05, 0) is 55.0 Å². The third-order valence-corrected chi connectivity index (χ3v) is 5.44. The van der Waals surface area contributed by atoms with Crippen LogP contribution in [-0.4, -0.2) is 39.5 Å². The fourth-order valence-corrected chi connectivity index (χ4v) is 3.74. The molecular weight excluding hydrogens is 395 g/mol. The minimum absolute atomic E-state index is 0.0854. The molecule has 0 radical (unpaired) electrons. The first-order chi connectivity index (χ1) is 14.5. The molecule has 2 aromatic heterocycles. The fourth-order valence-electron chi connectivity index (χ4n) is 3.74. The number of hydrogen-bond acceptors (Lipinski definition) is 5. The summed E-state index contributed by atoms with van der Waals surface area (Å²) in [4.78, 5) is 2.01. The maximum atomic E-state index is 13.1. The lowest BCUT2D eigenvalue weighted by Crippen LogP contribution is -2.34. The van der Waals surface area contributed by atoms with Crippen LogP contribution in [0.25, 0.3) is 5.65 Å². The first-order valence-corrected chi connectivity index (χ1v) is 10.2. The smallest absolute Gasteiger partial charge is 0.453 e. The SMILES string of the molecule is CCCCOc1ccc(C2CCN(c3ccc4nnc(C(F)(F)F)n4n3)CC2)cc1. The van der Waals surface area contributed by atoms with Gasteiger partial charge in [0.15, 0.2) is 5.65 Å². The Hall–Kier alpha value is -2.84. The lowest BCUT2D eigenvalue weighted by Gasteiger charge is -2.33. The van der Waals surface area contributed by atoms with Gasteiger partial charge in [-0.1, -0.05) is 25.5 Å². The van der Waals surface area contributed by atoms with Crippen molar-refractivity contribution in [3.05, 3.63) is 47.8 Å². The van der Waals surface area contributed by atoms with Gasteiger partial charge in [0.05, 0.1) is 6.61 Å². The summed E-state index contributed by atoms with van der Waals surface area (Å²) in [6.45, 7) is 4.31. The van der Waals surface area contributed by atoms with Crippen molar-refractivity contribution < 1.29 is 17.9 Å². The number of halogens is 3. The highest BCUT2D eigenvalue weighted by Gasteiger charge is 2.38. The number of aromatic nitrogens is 4. The van der Waals surface area contributed by atoms with Crippen LogP contribution in [0.15, 0.2) is 36.4 Å². The summed E-state index contributed by atoms with van der Waals surface area (Å²) in [7, 11) is 0. The summed E-state index contributed by atoms with van der Waals surface area (Å²) >= 11 is 0. The first-order valence-electron chi connectivity index (χ1n) is 10.2. The molecule has 4 rings (SSSR count). The van der Waals surface area contributed by atoms with Gasteiger partial charge in [0, 0.05) is 13.1 Å². The van der Waals surface area contributed by atoms with E-state index in [9.17, 15) is 13.2 Å². The largest absolute Gasteiger partial charge is 0.494 e. The molecule has 0 N–H and O–H groups in total. The minimum atomic E-state index is -4.59. The lowest BCUT2D eigenvalue weighted by atomic mass is 9.89. The Morgan fingerprint density at radius 3 is 2.43 bits per heavy atom. The second-order valence-electron chi connectivity index (χ2n) is 7.52. The van der Waals surface area contributed by atoms with Crippen LogP contribution in [0.2, 0.25) is 0 Å². The molecule has 3 aromatic rings. The molecule has 1 fully saturated rings. The summed E-state index contributed by atoms with van der Waals surface area (Å²) in [6, 6.07) is 11.5. The molecule has 160 valence electrons. The normalized spacial score (nSPS) is 15.7. The van der Waals surface area contributed by atoms with Crippen LogP contribution in [-0.2, 0) is 6.18 Å². The van der Waals surface area contributed by atoms with E-state index in [-0.39, 0.29) is 5.65 Å². The Bertz CT molecular complexity index is 978. The maximum absolute atomic E-state index is 13.1. The molecule has 0 aliphatic carbocycles. The van der Waals surface area contributed by atoms with E-state index >= 15 is 0 Å². The van der Waals surface area contributed by atoms with E-state index in [0.29, 0.717) is 11.7 Å². The van der Waals surface area contributed by atoms with Crippen molar-refractivity contribution in [2.75, 3.05) is 24.6 Å². The van der Waals surface area contributed by atoms with Crippen molar-refractivity contribution in [2.45, 2.75) is 44.7 Å². The van der Waals surface area contributed by atoms with E-state index < -0.39 is 12.0 Å². The van der Waals surface area contributed by atoms with E-state index in [1.165, 1.54) is 11.6 Å². The quantitative estimate of drug-likeness (QED) is 0.542. The predicted molar refractivity (Wildman–Crippen MR) is 107 cm³/mol. The van der Waals surface area contributed by atoms with Crippen molar-refractivity contribution in [1.29, 1.82) is 0 Å². The number of benzene rings is 1. The second-order valence-corrected chi connectivity index (χ2v) is 7.52. The number of hydrogen-bond donors (Lipinski definition) is 0. The number of alkyl halides is 3. The molecule has 0 unspecified atom stereocenters. The van der Waals surface area contributed by atoms with Crippen LogP contribution < -0.4 is 9.64 Å². The van der Waals surface area contributed by atoms with Crippen molar-refractivity contribution in [1.82, 2.24) is 19.8 Å². The van der Waals surface area contributed by atoms with E-state index in [1.54, 1.807) is 6.07 Å². The fraction of sp³-hybridized carbons (Fsp3) is 0.476. The zero-order chi connectivity index (χ0) is 21.1. The predicted octanol–water partition coefficient (Wildman–Crippen LogP) is 4.71. The zero-order valence-corrected chi connectivity index (χ0v) is 16.8. The van der Waals surface area contributed by atoms with Gasteiger partial charge in [0.2, 0.25) is 0 Å². The standard InChI is InChI=1S/C21H24F3N5O/c1-2-3-14-30-17-6-4-15(5-7-17)16-10-12-28(13-11-16)19-9-8-18-25-26-20(21(22,23)24)29(18)27-19/h4-9,16H,2-3,10-14H2,1H3. The Labute approximate surface area is 172 Å². The number of ether oxygens (including phenoxy) is 1. The molecule has 1 aliphatic rings. The summed E-state index contributed by atoms with van der Waals surface area (Å²) in [6.07, 6.45) is -0.633. The zero-order valence-electron chi connectivity index (χ0n) is 16.8. The number of rotatable bonds is 6. The van der Waals surface area contributed by atoms with E-state index in [0.717, 1.165) is 55.6 Å². The number of piperidine rings is 1. The molecule has 1 aliphatic heterocycles. The van der Waals surface area contributed by atoms with Gasteiger partial charge < -0.3 is 9.64 Å². The van der Waals surface area contributed by atoms with Crippen LogP contribution in [0, 0.1) is 0 Å². The summed E-state index contributed by atoms with van der Waals surface area (Å²) in [5, 5.41) is 10.9. The van der Waals surface area contributed by atoms with Gasteiger partial charge in [-0.15, -0.1) is 15.3 Å². The first kappa shape index (κ1) is 20.4. The molecule has 1 aromatic carbocycles. The molecule has 1 saturated heterocycles. The third-order valence-electron chi connectivity index (χ3n) is 5.44. The van der Waals surface area contributed by atoms with Crippen LogP contribution in [0.5, 0.6) is 5.75 Å². The molecule has 0 amide bonds. The molecule has 0 bridgehead atoms. The van der Waals surface area contributed by atoms with E-state index in [2.05, 4.69) is 34.4 Å². The van der Waals surface area contributed by atoms with Crippen molar-refractivity contribution in [2.24, 2.45) is 0 Å². The highest BCUT2D eigenvalue weighted by Crippen LogP contribution is 2.32. The Morgan fingerprint density at radius 2 is 1.77 bits per heavy atom. The molecule has 0 atom stereocenters. The van der Waals surface area contributed by atoms with Crippen molar-refractivity contribution in [3.63, 3.8) is 0 Å². The number of nitrogens with zero attached hydrogens (tertiary/aromatic N) is 5. The molecule has 0 saturated carbocycles. The average molecular weight is 419 g/mol. The van der Waals surface area contributed by atoms with Crippen LogP contribution >= 0.6 is 0 Å². The van der Waals surface area contributed by atoms with Gasteiger partial charge in [-0.2, -0.15) is 17.7 Å². The summed E-state index contributed by atoms with van der Waals surface area (Å²) < 4.78 is 45.8. The Morgan fingerprint density at radius 1 is 1.03 bits per heavy atom. The molecule has 6 nitrogen and oxygen atoms in total. The van der Waals surface area contributed by atoms with Crippen LogP contribution in [0.1, 0.15) is 49.9 Å². The molecular formula is C21H24F3N5O. The molecule has 9 heteroatoms. The Kier molecular flexibility index (Phi) is 5.78. The van der Waals surface area contributed by atoms with Crippen LogP contribution in [0.3, 0.4) is 0 Å². The van der Waals surface area contributed by atoms with E-state index in [4.69, 9.17) is 4.74 Å². The monoisotopic (exact) mass is 419 g/mol. The molecule has 3 heterocycles. The number of fused-ring (bicyclic) bond motifs is 1. The average Bonchev–Trinajstić information content (AvgIpc) is 3.18. The van der Waals surface area contributed by atoms with Gasteiger partial charge in [0.25, 0.3) is 5.82 Å². The van der Waals surface area contributed by atoms with Gasteiger partial charge in [0.1, 0.15) is 11.6 Å². The van der Waals surface area contributed by atoms with Crippen molar-refractivity contribution >= 4 is 11.5 Å². The molecule has 30 heavy (non-hydrogen) atoms.